The Labute approximate surface area is 568 Å². The van der Waals surface area contributed by atoms with E-state index < -0.39 is 97.5 Å². The number of rotatable bonds is 72. The van der Waals surface area contributed by atoms with Crippen molar-refractivity contribution >= 4 is 39.5 Å². The lowest BCUT2D eigenvalue weighted by atomic mass is 9.99. The number of aliphatic hydroxyl groups excluding tert-OH is 1. The molecule has 0 spiro atoms. The zero-order valence-corrected chi connectivity index (χ0v) is 62.5. The van der Waals surface area contributed by atoms with Crippen LogP contribution in [0.5, 0.6) is 0 Å². The molecule has 0 fully saturated rings. The maximum atomic E-state index is 13.1. The summed E-state index contributed by atoms with van der Waals surface area (Å²) in [7, 11) is -9.90. The van der Waals surface area contributed by atoms with Crippen LogP contribution in [0.3, 0.4) is 0 Å². The molecule has 0 aromatic rings. The highest BCUT2D eigenvalue weighted by Gasteiger charge is 2.30. The SMILES string of the molecule is CCCCCCCCCC(=O)OC[C@H](COP(=O)(O)OC[C@H](O)COP(=O)(O)OC[C@@H](COC(=O)CCCCCCCCCCCCCCC(C)C)OC(=O)CCCCCCCCCCCCCCCCCCCCC(C)CC)OC(=O)CCCCCCCCC(C)C. The number of esters is 4. The highest BCUT2D eigenvalue weighted by Crippen LogP contribution is 2.45. The Balaban J connectivity index is 5.14. The van der Waals surface area contributed by atoms with E-state index in [-0.39, 0.29) is 25.7 Å². The third kappa shape index (κ3) is 67.0. The van der Waals surface area contributed by atoms with Gasteiger partial charge in [0.15, 0.2) is 12.2 Å². The summed E-state index contributed by atoms with van der Waals surface area (Å²) in [6.07, 6.45) is 50.4. The first-order valence-electron chi connectivity index (χ1n) is 38.4. The number of phosphoric acid groups is 2. The second-order valence-electron chi connectivity index (χ2n) is 27.9. The molecule has 0 saturated heterocycles. The highest BCUT2D eigenvalue weighted by molar-refractivity contribution is 7.47. The van der Waals surface area contributed by atoms with Crippen molar-refractivity contribution in [1.82, 2.24) is 0 Å². The van der Waals surface area contributed by atoms with Crippen molar-refractivity contribution in [2.24, 2.45) is 17.8 Å². The molecular formula is C74H144O17P2. The van der Waals surface area contributed by atoms with Crippen LogP contribution in [0.2, 0.25) is 0 Å². The molecule has 0 rings (SSSR count). The van der Waals surface area contributed by atoms with Gasteiger partial charge in [-0.25, -0.2) is 9.13 Å². The van der Waals surface area contributed by atoms with Gasteiger partial charge in [-0.15, -0.1) is 0 Å². The van der Waals surface area contributed by atoms with E-state index in [9.17, 15) is 43.2 Å². The molecule has 3 N–H and O–H groups in total. The second-order valence-corrected chi connectivity index (χ2v) is 30.8. The summed E-state index contributed by atoms with van der Waals surface area (Å²) in [4.78, 5) is 72.5. The van der Waals surface area contributed by atoms with E-state index in [1.807, 2.05) is 0 Å². The average molecular weight is 1370 g/mol. The third-order valence-electron chi connectivity index (χ3n) is 17.5. The molecule has 6 atom stereocenters. The minimum Gasteiger partial charge on any atom is -0.462 e. The molecule has 552 valence electrons. The smallest absolute Gasteiger partial charge is 0.462 e. The van der Waals surface area contributed by atoms with Gasteiger partial charge in [0.05, 0.1) is 26.4 Å². The summed E-state index contributed by atoms with van der Waals surface area (Å²) in [5.41, 5.74) is 0. The van der Waals surface area contributed by atoms with Gasteiger partial charge in [-0.1, -0.05) is 325 Å². The maximum Gasteiger partial charge on any atom is 0.472 e. The minimum absolute atomic E-state index is 0.102. The van der Waals surface area contributed by atoms with Gasteiger partial charge in [-0.05, 0) is 43.4 Å². The fraction of sp³-hybridized carbons (Fsp3) is 0.946. The van der Waals surface area contributed by atoms with E-state index in [0.717, 1.165) is 115 Å². The molecule has 0 aromatic heterocycles. The number of phosphoric ester groups is 2. The summed E-state index contributed by atoms with van der Waals surface area (Å²) in [5.74, 6) is 0.192. The monoisotopic (exact) mass is 1370 g/mol. The molecule has 0 saturated carbocycles. The Morgan fingerprint density at radius 3 is 0.817 bits per heavy atom. The van der Waals surface area contributed by atoms with E-state index in [0.29, 0.717) is 31.6 Å². The van der Waals surface area contributed by atoms with Crippen LogP contribution in [0.1, 0.15) is 376 Å². The van der Waals surface area contributed by atoms with Crippen LogP contribution in [0.4, 0.5) is 0 Å². The lowest BCUT2D eigenvalue weighted by molar-refractivity contribution is -0.161. The van der Waals surface area contributed by atoms with E-state index in [2.05, 4.69) is 48.5 Å². The zero-order chi connectivity index (χ0) is 68.7. The molecule has 0 heterocycles. The van der Waals surface area contributed by atoms with E-state index in [4.69, 9.17) is 37.0 Å². The number of carbonyl (C=O) groups excluding carboxylic acids is 4. The molecule has 19 heteroatoms. The van der Waals surface area contributed by atoms with Gasteiger partial charge in [-0.3, -0.25) is 37.3 Å². The molecular weight excluding hydrogens is 1220 g/mol. The fourth-order valence-corrected chi connectivity index (χ4v) is 12.8. The molecule has 0 amide bonds. The van der Waals surface area contributed by atoms with Crippen molar-refractivity contribution in [3.05, 3.63) is 0 Å². The summed E-state index contributed by atoms with van der Waals surface area (Å²) in [5, 5.41) is 10.6. The largest absolute Gasteiger partial charge is 0.472 e. The van der Waals surface area contributed by atoms with Crippen LogP contribution in [0.15, 0.2) is 0 Å². The third-order valence-corrected chi connectivity index (χ3v) is 19.4. The number of carbonyl (C=O) groups is 4. The molecule has 3 unspecified atom stereocenters. The van der Waals surface area contributed by atoms with E-state index in [1.54, 1.807) is 0 Å². The van der Waals surface area contributed by atoms with Crippen molar-refractivity contribution in [2.75, 3.05) is 39.6 Å². The molecule has 0 bridgehead atoms. The van der Waals surface area contributed by atoms with Crippen molar-refractivity contribution in [1.29, 1.82) is 0 Å². The molecule has 0 aliphatic carbocycles. The normalized spacial score (nSPS) is 14.4. The van der Waals surface area contributed by atoms with Crippen LogP contribution < -0.4 is 0 Å². The van der Waals surface area contributed by atoms with Gasteiger partial charge in [0.1, 0.15) is 19.3 Å². The predicted octanol–water partition coefficient (Wildman–Crippen LogP) is 21.4. The topological polar surface area (TPSA) is 237 Å². The maximum absolute atomic E-state index is 13.1. The van der Waals surface area contributed by atoms with Gasteiger partial charge in [0.25, 0.3) is 0 Å². The Bertz CT molecular complexity index is 1820. The standard InChI is InChI=1S/C74H144O17P2/c1-8-10-11-12-31-41-48-55-71(76)84-61-70(91-74(79)58-51-44-37-36-39-46-53-66(5)6)64-89-93(82,83)87-60-68(75)59-86-92(80,81)88-63-69(62-85-72(77)56-49-42-34-29-25-22-21-23-27-32-38-45-52-65(3)4)90-73(78)57-50-43-35-30-26-20-18-16-14-13-15-17-19-24-28-33-40-47-54-67(7)9-2/h65-70,75H,8-64H2,1-7H3,(H,80,81)(H,82,83)/t67?,68-,69-,70-/m1/s1. The zero-order valence-electron chi connectivity index (χ0n) is 60.7. The Morgan fingerprint density at radius 2 is 0.548 bits per heavy atom. The first-order valence-corrected chi connectivity index (χ1v) is 41.4. The first-order chi connectivity index (χ1) is 44.8. The molecule has 0 aliphatic rings. The number of ether oxygens (including phenoxy) is 4. The summed E-state index contributed by atoms with van der Waals surface area (Å²) in [6, 6.07) is 0. The lowest BCUT2D eigenvalue weighted by Crippen LogP contribution is -2.30. The van der Waals surface area contributed by atoms with Gasteiger partial charge in [0, 0.05) is 25.7 Å². The van der Waals surface area contributed by atoms with Gasteiger partial charge in [-0.2, -0.15) is 0 Å². The first kappa shape index (κ1) is 91.1. The van der Waals surface area contributed by atoms with E-state index >= 15 is 0 Å². The number of aliphatic hydroxyl groups is 1. The molecule has 0 radical (unpaired) electrons. The van der Waals surface area contributed by atoms with Gasteiger partial charge < -0.3 is 33.8 Å². The predicted molar refractivity (Wildman–Crippen MR) is 377 cm³/mol. The van der Waals surface area contributed by atoms with Gasteiger partial charge in [0.2, 0.25) is 0 Å². The van der Waals surface area contributed by atoms with Crippen molar-refractivity contribution in [3.63, 3.8) is 0 Å². The molecule has 17 nitrogen and oxygen atoms in total. The number of hydrogen-bond donors (Lipinski definition) is 3. The van der Waals surface area contributed by atoms with Crippen LogP contribution in [-0.4, -0.2) is 96.7 Å². The quantitative estimate of drug-likeness (QED) is 0.0222. The molecule has 0 aromatic carbocycles. The molecule has 0 aliphatic heterocycles. The summed E-state index contributed by atoms with van der Waals surface area (Å²) >= 11 is 0. The average Bonchev–Trinajstić information content (AvgIpc) is 3.53. The van der Waals surface area contributed by atoms with Crippen LogP contribution in [0.25, 0.3) is 0 Å². The number of unbranched alkanes of at least 4 members (excludes halogenated alkanes) is 39. The fourth-order valence-electron chi connectivity index (χ4n) is 11.2. The Kier molecular flexibility index (Phi) is 63.4. The van der Waals surface area contributed by atoms with Crippen LogP contribution >= 0.6 is 15.6 Å². The van der Waals surface area contributed by atoms with Gasteiger partial charge >= 0.3 is 39.5 Å². The Hall–Kier alpha value is -1.94. The lowest BCUT2D eigenvalue weighted by Gasteiger charge is -2.21. The van der Waals surface area contributed by atoms with Crippen molar-refractivity contribution < 1.29 is 80.2 Å². The van der Waals surface area contributed by atoms with Crippen molar-refractivity contribution in [2.45, 2.75) is 394 Å². The second kappa shape index (κ2) is 64.7. The molecule has 93 heavy (non-hydrogen) atoms. The summed E-state index contributed by atoms with van der Waals surface area (Å²) in [6.45, 7) is 11.8. The Morgan fingerprint density at radius 1 is 0.312 bits per heavy atom. The van der Waals surface area contributed by atoms with Crippen molar-refractivity contribution in [3.8, 4) is 0 Å². The van der Waals surface area contributed by atoms with E-state index in [1.165, 1.54) is 173 Å². The highest BCUT2D eigenvalue weighted by atomic mass is 31.2. The summed E-state index contributed by atoms with van der Waals surface area (Å²) < 4.78 is 68.2. The minimum atomic E-state index is -4.95. The van der Waals surface area contributed by atoms with Crippen LogP contribution in [-0.2, 0) is 65.4 Å². The van der Waals surface area contributed by atoms with Crippen LogP contribution in [0, 0.1) is 17.8 Å². The number of hydrogen-bond acceptors (Lipinski definition) is 15.